The van der Waals surface area contributed by atoms with E-state index in [1.807, 2.05) is 0 Å². The Balaban J connectivity index is 1.69. The lowest BCUT2D eigenvalue weighted by molar-refractivity contribution is 0.0729. The molecule has 1 saturated heterocycles. The number of rotatable bonds is 3. The predicted molar refractivity (Wildman–Crippen MR) is 95.3 cm³/mol. The molecule has 4 rings (SSSR count). The molecule has 1 amide bonds. The summed E-state index contributed by atoms with van der Waals surface area (Å²) in [6.45, 7) is 0.634. The molecule has 1 fully saturated rings. The number of nitrogens with zero attached hydrogens (tertiary/aromatic N) is 4. The first-order valence-electron chi connectivity index (χ1n) is 8.45. The first-order chi connectivity index (χ1) is 12.7. The van der Waals surface area contributed by atoms with Crippen LogP contribution in [0.1, 0.15) is 35.1 Å². The molecule has 0 saturated carbocycles. The molecule has 1 aliphatic heterocycles. The Bertz CT molecular complexity index is 972. The van der Waals surface area contributed by atoms with Crippen LogP contribution in [0.15, 0.2) is 59.9 Å². The van der Waals surface area contributed by atoms with E-state index in [2.05, 4.69) is 19.9 Å². The molecule has 26 heavy (non-hydrogen) atoms. The monoisotopic (exact) mass is 347 g/mol. The molecule has 1 N–H and O–H groups in total. The highest BCUT2D eigenvalue weighted by Gasteiger charge is 2.32. The van der Waals surface area contributed by atoms with Gasteiger partial charge >= 0.3 is 0 Å². The summed E-state index contributed by atoms with van der Waals surface area (Å²) in [7, 11) is 0. The Kier molecular flexibility index (Phi) is 4.27. The minimum absolute atomic E-state index is 0.0770. The van der Waals surface area contributed by atoms with E-state index in [9.17, 15) is 9.59 Å². The number of carbonyl (C=O) groups excluding carboxylic acids is 1. The summed E-state index contributed by atoms with van der Waals surface area (Å²) in [4.78, 5) is 42.1. The normalized spacial score (nSPS) is 16.6. The number of amides is 1. The van der Waals surface area contributed by atoms with Gasteiger partial charge in [-0.05, 0) is 37.1 Å². The zero-order chi connectivity index (χ0) is 17.9. The smallest absolute Gasteiger partial charge is 0.254 e. The molecule has 1 atom stereocenters. The molecule has 0 aromatic carbocycles. The number of likely N-dealkylation sites (tertiary alicyclic amines) is 1. The molecule has 130 valence electrons. The van der Waals surface area contributed by atoms with E-state index in [0.29, 0.717) is 23.6 Å². The van der Waals surface area contributed by atoms with E-state index in [4.69, 9.17) is 0 Å². The molecule has 1 aliphatic rings. The molecule has 3 aromatic rings. The van der Waals surface area contributed by atoms with Crippen LogP contribution >= 0.6 is 0 Å². The first-order valence-corrected chi connectivity index (χ1v) is 8.45. The molecule has 3 aromatic heterocycles. The molecule has 0 aliphatic carbocycles. The molecule has 0 radical (unpaired) electrons. The Morgan fingerprint density at radius 2 is 1.77 bits per heavy atom. The lowest BCUT2D eigenvalue weighted by atomic mass is 10.1. The first kappa shape index (κ1) is 16.1. The molecule has 7 nitrogen and oxygen atoms in total. The highest BCUT2D eigenvalue weighted by atomic mass is 16.2. The van der Waals surface area contributed by atoms with Crippen LogP contribution in [-0.4, -0.2) is 37.3 Å². The summed E-state index contributed by atoms with van der Waals surface area (Å²) in [5.41, 5.74) is 1.75. The second-order valence-electron chi connectivity index (χ2n) is 6.14. The van der Waals surface area contributed by atoms with Gasteiger partial charge in [0.2, 0.25) is 0 Å². The standard InChI is InChI=1S/C19H17N5O2/c25-17-12-15(13-3-7-20-8-4-13)22-18(23-17)16-2-1-11-24(16)19(26)14-5-9-21-10-6-14/h3-10,12,16H,1-2,11H2,(H,22,23,25). The fourth-order valence-corrected chi connectivity index (χ4v) is 3.26. The fraction of sp³-hybridized carbons (Fsp3) is 0.211. The average molecular weight is 347 g/mol. The number of aromatic amines is 1. The summed E-state index contributed by atoms with van der Waals surface area (Å²) in [5, 5.41) is 0. The highest BCUT2D eigenvalue weighted by Crippen LogP contribution is 2.31. The van der Waals surface area contributed by atoms with Gasteiger partial charge < -0.3 is 9.88 Å². The van der Waals surface area contributed by atoms with E-state index < -0.39 is 0 Å². The maximum Gasteiger partial charge on any atom is 0.254 e. The van der Waals surface area contributed by atoms with E-state index in [0.717, 1.165) is 18.4 Å². The van der Waals surface area contributed by atoms with Gasteiger partial charge in [-0.15, -0.1) is 0 Å². The minimum Gasteiger partial charge on any atom is -0.328 e. The van der Waals surface area contributed by atoms with Gasteiger partial charge in [0.05, 0.1) is 11.7 Å². The third kappa shape index (κ3) is 3.11. The van der Waals surface area contributed by atoms with Crippen molar-refractivity contribution in [2.75, 3.05) is 6.54 Å². The summed E-state index contributed by atoms with van der Waals surface area (Å²) in [5.74, 6) is 0.441. The van der Waals surface area contributed by atoms with Crippen molar-refractivity contribution in [2.45, 2.75) is 18.9 Å². The quantitative estimate of drug-likeness (QED) is 0.784. The molecule has 1 unspecified atom stereocenters. The van der Waals surface area contributed by atoms with E-state index in [1.54, 1.807) is 54.0 Å². The molecule has 0 spiro atoms. The van der Waals surface area contributed by atoms with E-state index in [1.165, 1.54) is 6.07 Å². The van der Waals surface area contributed by atoms with Crippen molar-refractivity contribution < 1.29 is 4.79 Å². The summed E-state index contributed by atoms with van der Waals surface area (Å²) in [6.07, 6.45) is 8.15. The summed E-state index contributed by atoms with van der Waals surface area (Å²) >= 11 is 0. The van der Waals surface area contributed by atoms with Crippen molar-refractivity contribution in [3.05, 3.63) is 76.9 Å². The van der Waals surface area contributed by atoms with Gasteiger partial charge in [-0.25, -0.2) is 4.98 Å². The molecular weight excluding hydrogens is 330 g/mol. The third-order valence-electron chi connectivity index (χ3n) is 4.49. The van der Waals surface area contributed by atoms with E-state index in [-0.39, 0.29) is 17.5 Å². The Hall–Kier alpha value is -3.35. The van der Waals surface area contributed by atoms with Crippen molar-refractivity contribution >= 4 is 5.91 Å². The lowest BCUT2D eigenvalue weighted by Crippen LogP contribution is -2.32. The third-order valence-corrected chi connectivity index (χ3v) is 4.49. The van der Waals surface area contributed by atoms with Gasteiger partial charge in [0.15, 0.2) is 0 Å². The van der Waals surface area contributed by atoms with Crippen LogP contribution in [0.5, 0.6) is 0 Å². The van der Waals surface area contributed by atoms with Gasteiger partial charge in [0, 0.05) is 48.5 Å². The van der Waals surface area contributed by atoms with Crippen molar-refractivity contribution in [3.8, 4) is 11.3 Å². The zero-order valence-electron chi connectivity index (χ0n) is 14.0. The second kappa shape index (κ2) is 6.87. The van der Waals surface area contributed by atoms with Crippen LogP contribution in [0.3, 0.4) is 0 Å². The number of hydrogen-bond donors (Lipinski definition) is 1. The molecular formula is C19H17N5O2. The number of nitrogens with one attached hydrogen (secondary N) is 1. The maximum absolute atomic E-state index is 12.8. The van der Waals surface area contributed by atoms with Crippen molar-refractivity contribution in [2.24, 2.45) is 0 Å². The van der Waals surface area contributed by atoms with Crippen molar-refractivity contribution in [1.29, 1.82) is 0 Å². The number of pyridine rings is 2. The van der Waals surface area contributed by atoms with Crippen LogP contribution in [0.4, 0.5) is 0 Å². The largest absolute Gasteiger partial charge is 0.328 e. The molecule has 7 heteroatoms. The van der Waals surface area contributed by atoms with Gasteiger partial charge in [0.25, 0.3) is 11.5 Å². The lowest BCUT2D eigenvalue weighted by Gasteiger charge is -2.24. The Morgan fingerprint density at radius 3 is 2.50 bits per heavy atom. The number of aromatic nitrogens is 4. The maximum atomic E-state index is 12.8. The number of carbonyl (C=O) groups is 1. The highest BCUT2D eigenvalue weighted by molar-refractivity contribution is 5.94. The molecule has 4 heterocycles. The van der Waals surface area contributed by atoms with Crippen LogP contribution in [0.2, 0.25) is 0 Å². The van der Waals surface area contributed by atoms with Gasteiger partial charge in [0.1, 0.15) is 5.82 Å². The second-order valence-corrected chi connectivity index (χ2v) is 6.14. The SMILES string of the molecule is O=C(c1ccncc1)N1CCCC1c1nc(-c2ccncc2)cc(=O)[nH]1. The van der Waals surface area contributed by atoms with Crippen LogP contribution < -0.4 is 5.56 Å². The Labute approximate surface area is 149 Å². The topological polar surface area (TPSA) is 91.8 Å². The van der Waals surface area contributed by atoms with Crippen LogP contribution in [0.25, 0.3) is 11.3 Å². The predicted octanol–water partition coefficient (Wildman–Crippen LogP) is 2.20. The summed E-state index contributed by atoms with van der Waals surface area (Å²) < 4.78 is 0. The molecule has 0 bridgehead atoms. The van der Waals surface area contributed by atoms with Crippen LogP contribution in [0, 0.1) is 0 Å². The van der Waals surface area contributed by atoms with Gasteiger partial charge in [-0.2, -0.15) is 0 Å². The number of H-pyrrole nitrogens is 1. The minimum atomic E-state index is -0.245. The number of hydrogen-bond acceptors (Lipinski definition) is 5. The van der Waals surface area contributed by atoms with Gasteiger partial charge in [-0.3, -0.25) is 19.6 Å². The fourth-order valence-electron chi connectivity index (χ4n) is 3.26. The van der Waals surface area contributed by atoms with Gasteiger partial charge in [-0.1, -0.05) is 0 Å². The summed E-state index contributed by atoms with van der Waals surface area (Å²) in [6, 6.07) is 8.22. The average Bonchev–Trinajstić information content (AvgIpc) is 3.18. The Morgan fingerprint density at radius 1 is 1.08 bits per heavy atom. The van der Waals surface area contributed by atoms with Crippen molar-refractivity contribution in [3.63, 3.8) is 0 Å². The van der Waals surface area contributed by atoms with Crippen molar-refractivity contribution in [1.82, 2.24) is 24.8 Å². The zero-order valence-corrected chi connectivity index (χ0v) is 14.0. The van der Waals surface area contributed by atoms with E-state index >= 15 is 0 Å². The van der Waals surface area contributed by atoms with Crippen LogP contribution in [-0.2, 0) is 0 Å².